The average molecular weight is 262 g/mol. The molecule has 0 spiro atoms. The van der Waals surface area contributed by atoms with Gasteiger partial charge in [0.1, 0.15) is 5.75 Å². The summed E-state index contributed by atoms with van der Waals surface area (Å²) >= 11 is 0. The van der Waals surface area contributed by atoms with Crippen molar-refractivity contribution >= 4 is 6.03 Å². The molecule has 1 aliphatic heterocycles. The molecule has 1 N–H and O–H groups in total. The standard InChI is InChI=1S/C15H22N2O2/c1-12-6-8-17(9-7-12)15(18)16-11-13-4-3-5-14(10-13)19-2/h3-5,10,12H,6-9,11H2,1-2H3,(H,16,18). The lowest BCUT2D eigenvalue weighted by Gasteiger charge is -2.30. The molecule has 0 saturated carbocycles. The van der Waals surface area contributed by atoms with Crippen molar-refractivity contribution in [2.75, 3.05) is 20.2 Å². The van der Waals surface area contributed by atoms with E-state index in [-0.39, 0.29) is 6.03 Å². The lowest BCUT2D eigenvalue weighted by atomic mass is 10.00. The molecule has 4 heteroatoms. The highest BCUT2D eigenvalue weighted by Gasteiger charge is 2.19. The zero-order valence-electron chi connectivity index (χ0n) is 11.7. The summed E-state index contributed by atoms with van der Waals surface area (Å²) in [5, 5.41) is 2.97. The number of carbonyl (C=O) groups is 1. The molecule has 2 rings (SSSR count). The molecule has 2 amide bonds. The minimum Gasteiger partial charge on any atom is -0.497 e. The fourth-order valence-electron chi connectivity index (χ4n) is 2.28. The van der Waals surface area contributed by atoms with Crippen LogP contribution >= 0.6 is 0 Å². The van der Waals surface area contributed by atoms with Gasteiger partial charge in [-0.1, -0.05) is 19.1 Å². The molecule has 0 atom stereocenters. The molecule has 1 aromatic carbocycles. The number of carbonyl (C=O) groups excluding carboxylic acids is 1. The third kappa shape index (κ3) is 3.88. The number of rotatable bonds is 3. The summed E-state index contributed by atoms with van der Waals surface area (Å²) in [6.07, 6.45) is 2.21. The van der Waals surface area contributed by atoms with Crippen molar-refractivity contribution < 1.29 is 9.53 Å². The fraction of sp³-hybridized carbons (Fsp3) is 0.533. The van der Waals surface area contributed by atoms with Crippen LogP contribution in [0.3, 0.4) is 0 Å². The van der Waals surface area contributed by atoms with Gasteiger partial charge in [0, 0.05) is 19.6 Å². The second-order valence-corrected chi connectivity index (χ2v) is 5.18. The number of ether oxygens (including phenoxy) is 1. The minimum absolute atomic E-state index is 0.0368. The molecule has 1 heterocycles. The Hall–Kier alpha value is -1.71. The SMILES string of the molecule is COc1cccc(CNC(=O)N2CCC(C)CC2)c1. The molecule has 1 aliphatic rings. The van der Waals surface area contributed by atoms with Gasteiger partial charge in [-0.2, -0.15) is 0 Å². The van der Waals surface area contributed by atoms with Crippen LogP contribution in [0.2, 0.25) is 0 Å². The Labute approximate surface area is 114 Å². The molecule has 0 unspecified atom stereocenters. The van der Waals surface area contributed by atoms with E-state index in [1.165, 1.54) is 0 Å². The van der Waals surface area contributed by atoms with Crippen LogP contribution in [-0.4, -0.2) is 31.1 Å². The van der Waals surface area contributed by atoms with E-state index in [4.69, 9.17) is 4.74 Å². The van der Waals surface area contributed by atoms with Gasteiger partial charge in [0.2, 0.25) is 0 Å². The van der Waals surface area contributed by atoms with Crippen molar-refractivity contribution in [3.63, 3.8) is 0 Å². The van der Waals surface area contributed by atoms with Gasteiger partial charge in [0.25, 0.3) is 0 Å². The maximum atomic E-state index is 12.0. The lowest BCUT2D eigenvalue weighted by molar-refractivity contribution is 0.173. The monoisotopic (exact) mass is 262 g/mol. The predicted octanol–water partition coefficient (Wildman–Crippen LogP) is 2.64. The van der Waals surface area contributed by atoms with Crippen molar-refractivity contribution in [2.45, 2.75) is 26.3 Å². The molecule has 0 bridgehead atoms. The smallest absolute Gasteiger partial charge is 0.317 e. The van der Waals surface area contributed by atoms with E-state index in [9.17, 15) is 4.79 Å². The summed E-state index contributed by atoms with van der Waals surface area (Å²) in [7, 11) is 1.65. The van der Waals surface area contributed by atoms with Crippen molar-refractivity contribution in [2.24, 2.45) is 5.92 Å². The van der Waals surface area contributed by atoms with E-state index in [2.05, 4.69) is 12.2 Å². The Morgan fingerprint density at radius 1 is 1.42 bits per heavy atom. The number of hydrogen-bond acceptors (Lipinski definition) is 2. The number of piperidine rings is 1. The molecule has 0 aromatic heterocycles. The molecule has 19 heavy (non-hydrogen) atoms. The van der Waals surface area contributed by atoms with E-state index in [1.807, 2.05) is 29.2 Å². The molecule has 1 saturated heterocycles. The van der Waals surface area contributed by atoms with Crippen LogP contribution in [0.25, 0.3) is 0 Å². The van der Waals surface area contributed by atoms with Crippen LogP contribution < -0.4 is 10.1 Å². The molecule has 104 valence electrons. The van der Waals surface area contributed by atoms with Crippen LogP contribution in [0.4, 0.5) is 4.79 Å². The van der Waals surface area contributed by atoms with Crippen molar-refractivity contribution in [3.05, 3.63) is 29.8 Å². The van der Waals surface area contributed by atoms with Crippen LogP contribution in [-0.2, 0) is 6.54 Å². The summed E-state index contributed by atoms with van der Waals surface area (Å²) in [5.41, 5.74) is 1.05. The molecule has 0 aliphatic carbocycles. The van der Waals surface area contributed by atoms with Crippen LogP contribution in [0, 0.1) is 5.92 Å². The molecule has 4 nitrogen and oxygen atoms in total. The first kappa shape index (κ1) is 13.7. The molecule has 0 radical (unpaired) electrons. The van der Waals surface area contributed by atoms with Crippen molar-refractivity contribution in [1.82, 2.24) is 10.2 Å². The van der Waals surface area contributed by atoms with Gasteiger partial charge >= 0.3 is 6.03 Å². The van der Waals surface area contributed by atoms with Crippen LogP contribution in [0.15, 0.2) is 24.3 Å². The number of nitrogens with one attached hydrogen (secondary N) is 1. The van der Waals surface area contributed by atoms with Crippen LogP contribution in [0.5, 0.6) is 5.75 Å². The van der Waals surface area contributed by atoms with E-state index in [0.717, 1.165) is 43.2 Å². The summed E-state index contributed by atoms with van der Waals surface area (Å²) in [5.74, 6) is 1.56. The Balaban J connectivity index is 1.82. The maximum Gasteiger partial charge on any atom is 0.317 e. The maximum absolute atomic E-state index is 12.0. The highest BCUT2D eigenvalue weighted by atomic mass is 16.5. The van der Waals surface area contributed by atoms with Gasteiger partial charge in [-0.05, 0) is 36.5 Å². The normalized spacial score (nSPS) is 16.2. The lowest BCUT2D eigenvalue weighted by Crippen LogP contribution is -2.43. The first-order chi connectivity index (χ1) is 9.19. The van der Waals surface area contributed by atoms with Gasteiger partial charge in [-0.25, -0.2) is 4.79 Å². The van der Waals surface area contributed by atoms with Gasteiger partial charge < -0.3 is 15.0 Å². The van der Waals surface area contributed by atoms with E-state index >= 15 is 0 Å². The first-order valence-corrected chi connectivity index (χ1v) is 6.84. The molecule has 1 fully saturated rings. The molecular formula is C15H22N2O2. The number of likely N-dealkylation sites (tertiary alicyclic amines) is 1. The Bertz CT molecular complexity index is 426. The van der Waals surface area contributed by atoms with Crippen molar-refractivity contribution in [3.8, 4) is 5.75 Å². The Kier molecular flexibility index (Phi) is 4.66. The first-order valence-electron chi connectivity index (χ1n) is 6.84. The van der Waals surface area contributed by atoms with E-state index < -0.39 is 0 Å². The average Bonchev–Trinajstić information content (AvgIpc) is 2.46. The second kappa shape index (κ2) is 6.45. The van der Waals surface area contributed by atoms with E-state index in [0.29, 0.717) is 6.54 Å². The summed E-state index contributed by atoms with van der Waals surface area (Å²) in [4.78, 5) is 13.9. The third-order valence-electron chi connectivity index (χ3n) is 3.65. The van der Waals surface area contributed by atoms with Crippen LogP contribution in [0.1, 0.15) is 25.3 Å². The summed E-state index contributed by atoms with van der Waals surface area (Å²) in [6.45, 7) is 4.52. The van der Waals surface area contributed by atoms with Gasteiger partial charge in [-0.3, -0.25) is 0 Å². The number of amides is 2. The Morgan fingerprint density at radius 2 is 2.16 bits per heavy atom. The van der Waals surface area contributed by atoms with Crippen molar-refractivity contribution in [1.29, 1.82) is 0 Å². The van der Waals surface area contributed by atoms with Gasteiger partial charge in [0.05, 0.1) is 7.11 Å². The zero-order valence-corrected chi connectivity index (χ0v) is 11.7. The largest absolute Gasteiger partial charge is 0.497 e. The predicted molar refractivity (Wildman–Crippen MR) is 75.2 cm³/mol. The Morgan fingerprint density at radius 3 is 2.84 bits per heavy atom. The number of nitrogens with zero attached hydrogens (tertiary/aromatic N) is 1. The quantitative estimate of drug-likeness (QED) is 0.910. The number of benzene rings is 1. The zero-order chi connectivity index (χ0) is 13.7. The van der Waals surface area contributed by atoms with Gasteiger partial charge in [0.15, 0.2) is 0 Å². The fourth-order valence-corrected chi connectivity index (χ4v) is 2.28. The minimum atomic E-state index is 0.0368. The highest BCUT2D eigenvalue weighted by Crippen LogP contribution is 2.16. The summed E-state index contributed by atoms with van der Waals surface area (Å²) < 4.78 is 5.17. The number of hydrogen-bond donors (Lipinski definition) is 1. The van der Waals surface area contributed by atoms with E-state index in [1.54, 1.807) is 7.11 Å². The second-order valence-electron chi connectivity index (χ2n) is 5.18. The third-order valence-corrected chi connectivity index (χ3v) is 3.65. The summed E-state index contributed by atoms with van der Waals surface area (Å²) in [6, 6.07) is 7.80. The van der Waals surface area contributed by atoms with Gasteiger partial charge in [-0.15, -0.1) is 0 Å². The number of methoxy groups -OCH3 is 1. The number of urea groups is 1. The molecular weight excluding hydrogens is 240 g/mol. The topological polar surface area (TPSA) is 41.6 Å². The highest BCUT2D eigenvalue weighted by molar-refractivity contribution is 5.74. The molecule has 1 aromatic rings.